The van der Waals surface area contributed by atoms with E-state index in [2.05, 4.69) is 37.6 Å². The van der Waals surface area contributed by atoms with Crippen LogP contribution in [0.4, 0.5) is 0 Å². The van der Waals surface area contributed by atoms with Gasteiger partial charge in [0.25, 0.3) is 0 Å². The first-order valence-corrected chi connectivity index (χ1v) is 4.53. The second-order valence-corrected chi connectivity index (χ2v) is 3.58. The van der Waals surface area contributed by atoms with Crippen LogP contribution in [0.15, 0.2) is 35.1 Å². The number of halogens is 1. The highest BCUT2D eigenvalue weighted by atomic mass is 79.9. The Kier molecular flexibility index (Phi) is 1.81. The van der Waals surface area contributed by atoms with Crippen molar-refractivity contribution in [2.24, 2.45) is 7.05 Å². The van der Waals surface area contributed by atoms with E-state index in [1.165, 1.54) is 5.69 Å². The Morgan fingerprint density at radius 3 is 2.67 bits per heavy atom. The largest absolute Gasteiger partial charge is 0.349 e. The summed E-state index contributed by atoms with van der Waals surface area (Å²) in [4.78, 5) is 3.22. The van der Waals surface area contributed by atoms with E-state index in [9.17, 15) is 0 Å². The maximum absolute atomic E-state index is 3.38. The SMILES string of the molecule is Cn1cccc1-c1ccc(Br)[nH]1. The Balaban J connectivity index is 2.50. The topological polar surface area (TPSA) is 20.7 Å². The van der Waals surface area contributed by atoms with Crippen molar-refractivity contribution in [3.63, 3.8) is 0 Å². The normalized spacial score (nSPS) is 10.5. The van der Waals surface area contributed by atoms with E-state index in [-0.39, 0.29) is 0 Å². The van der Waals surface area contributed by atoms with E-state index in [1.54, 1.807) is 0 Å². The molecule has 12 heavy (non-hydrogen) atoms. The summed E-state index contributed by atoms with van der Waals surface area (Å²) in [7, 11) is 2.03. The summed E-state index contributed by atoms with van der Waals surface area (Å²) in [6.07, 6.45) is 2.03. The lowest BCUT2D eigenvalue weighted by molar-refractivity contribution is 0.932. The van der Waals surface area contributed by atoms with Crippen LogP contribution in [0.3, 0.4) is 0 Å². The predicted octanol–water partition coefficient (Wildman–Crippen LogP) is 2.78. The van der Waals surface area contributed by atoms with Gasteiger partial charge in [0, 0.05) is 13.2 Å². The molecule has 3 heteroatoms. The monoisotopic (exact) mass is 224 g/mol. The van der Waals surface area contributed by atoms with Gasteiger partial charge in [-0.15, -0.1) is 0 Å². The number of hydrogen-bond donors (Lipinski definition) is 1. The summed E-state index contributed by atoms with van der Waals surface area (Å²) in [6, 6.07) is 8.17. The van der Waals surface area contributed by atoms with Gasteiger partial charge in [-0.1, -0.05) is 0 Å². The number of nitrogens with one attached hydrogen (secondary N) is 1. The van der Waals surface area contributed by atoms with E-state index in [4.69, 9.17) is 0 Å². The number of aromatic nitrogens is 2. The van der Waals surface area contributed by atoms with Gasteiger partial charge in [0.2, 0.25) is 0 Å². The van der Waals surface area contributed by atoms with E-state index >= 15 is 0 Å². The number of hydrogen-bond acceptors (Lipinski definition) is 0. The van der Waals surface area contributed by atoms with Gasteiger partial charge in [0.05, 0.1) is 16.0 Å². The van der Waals surface area contributed by atoms with Crippen LogP contribution in [-0.2, 0) is 7.05 Å². The lowest BCUT2D eigenvalue weighted by atomic mass is 10.3. The first kappa shape index (κ1) is 7.68. The van der Waals surface area contributed by atoms with Gasteiger partial charge < -0.3 is 9.55 Å². The molecule has 0 fully saturated rings. The summed E-state index contributed by atoms with van der Waals surface area (Å²) in [5, 5.41) is 0. The molecule has 2 rings (SSSR count). The van der Waals surface area contributed by atoms with E-state index in [1.807, 2.05) is 25.4 Å². The van der Waals surface area contributed by atoms with Gasteiger partial charge in [-0.25, -0.2) is 0 Å². The number of H-pyrrole nitrogens is 1. The third kappa shape index (κ3) is 1.20. The molecular weight excluding hydrogens is 216 g/mol. The molecule has 62 valence electrons. The third-order valence-corrected chi connectivity index (χ3v) is 2.33. The van der Waals surface area contributed by atoms with E-state index in [0.717, 1.165) is 10.3 Å². The van der Waals surface area contributed by atoms with Gasteiger partial charge in [0.15, 0.2) is 0 Å². The van der Waals surface area contributed by atoms with Crippen molar-refractivity contribution in [2.75, 3.05) is 0 Å². The van der Waals surface area contributed by atoms with Gasteiger partial charge in [0.1, 0.15) is 0 Å². The van der Waals surface area contributed by atoms with Crippen molar-refractivity contribution in [1.82, 2.24) is 9.55 Å². The Morgan fingerprint density at radius 1 is 1.33 bits per heavy atom. The Bertz CT molecular complexity index is 387. The fraction of sp³-hybridized carbons (Fsp3) is 0.111. The molecule has 0 spiro atoms. The van der Waals surface area contributed by atoms with Crippen LogP contribution in [-0.4, -0.2) is 9.55 Å². The second-order valence-electron chi connectivity index (χ2n) is 2.72. The second kappa shape index (κ2) is 2.83. The molecule has 0 aliphatic heterocycles. The molecule has 0 saturated heterocycles. The molecule has 2 aromatic heterocycles. The average molecular weight is 225 g/mol. The van der Waals surface area contributed by atoms with Crippen molar-refractivity contribution in [3.05, 3.63) is 35.1 Å². The minimum atomic E-state index is 1.01. The zero-order valence-electron chi connectivity index (χ0n) is 6.71. The number of aromatic amines is 1. The van der Waals surface area contributed by atoms with Gasteiger partial charge in [-0.3, -0.25) is 0 Å². The fourth-order valence-electron chi connectivity index (χ4n) is 1.26. The van der Waals surface area contributed by atoms with E-state index in [0.29, 0.717) is 0 Å². The highest BCUT2D eigenvalue weighted by Crippen LogP contribution is 2.20. The maximum atomic E-state index is 3.38. The molecule has 0 bridgehead atoms. The zero-order chi connectivity index (χ0) is 8.55. The molecule has 0 amide bonds. The molecular formula is C9H9BrN2. The third-order valence-electron chi connectivity index (χ3n) is 1.87. The number of rotatable bonds is 1. The van der Waals surface area contributed by atoms with Crippen molar-refractivity contribution in [1.29, 1.82) is 0 Å². The van der Waals surface area contributed by atoms with Crippen LogP contribution in [0, 0.1) is 0 Å². The van der Waals surface area contributed by atoms with Crippen LogP contribution in [0.25, 0.3) is 11.4 Å². The molecule has 2 heterocycles. The Hall–Kier alpha value is -0.960. The first-order valence-electron chi connectivity index (χ1n) is 3.73. The van der Waals surface area contributed by atoms with Crippen molar-refractivity contribution in [3.8, 4) is 11.4 Å². The van der Waals surface area contributed by atoms with Crippen LogP contribution >= 0.6 is 15.9 Å². The van der Waals surface area contributed by atoms with Crippen LogP contribution < -0.4 is 0 Å². The molecule has 0 radical (unpaired) electrons. The van der Waals surface area contributed by atoms with Gasteiger partial charge in [-0.2, -0.15) is 0 Å². The smallest absolute Gasteiger partial charge is 0.0825 e. The Labute approximate surface area is 79.3 Å². The first-order chi connectivity index (χ1) is 5.77. The zero-order valence-corrected chi connectivity index (χ0v) is 8.30. The standard InChI is InChI=1S/C9H9BrN2/c1-12-6-2-3-8(12)7-4-5-9(10)11-7/h2-6,11H,1H3. The lowest BCUT2D eigenvalue weighted by Crippen LogP contribution is -1.88. The van der Waals surface area contributed by atoms with Crippen LogP contribution in [0.1, 0.15) is 0 Å². The highest BCUT2D eigenvalue weighted by molar-refractivity contribution is 9.10. The molecule has 0 aliphatic carbocycles. The van der Waals surface area contributed by atoms with Crippen molar-refractivity contribution in [2.45, 2.75) is 0 Å². The maximum Gasteiger partial charge on any atom is 0.0825 e. The van der Waals surface area contributed by atoms with Crippen molar-refractivity contribution >= 4 is 15.9 Å². The molecule has 0 aliphatic rings. The molecule has 2 nitrogen and oxygen atoms in total. The summed E-state index contributed by atoms with van der Waals surface area (Å²) in [5.41, 5.74) is 2.33. The molecule has 0 saturated carbocycles. The molecule has 1 N–H and O–H groups in total. The minimum absolute atomic E-state index is 1.01. The summed E-state index contributed by atoms with van der Waals surface area (Å²) in [6.45, 7) is 0. The molecule has 0 atom stereocenters. The lowest BCUT2D eigenvalue weighted by Gasteiger charge is -1.98. The number of aryl methyl sites for hydroxylation is 1. The molecule has 0 aromatic carbocycles. The number of nitrogens with zero attached hydrogens (tertiary/aromatic N) is 1. The quantitative estimate of drug-likeness (QED) is 0.770. The van der Waals surface area contributed by atoms with Crippen molar-refractivity contribution < 1.29 is 0 Å². The molecule has 0 unspecified atom stereocenters. The van der Waals surface area contributed by atoms with Gasteiger partial charge in [-0.05, 0) is 40.2 Å². The Morgan fingerprint density at radius 2 is 2.17 bits per heavy atom. The summed E-state index contributed by atoms with van der Waals surface area (Å²) in [5.74, 6) is 0. The van der Waals surface area contributed by atoms with Crippen LogP contribution in [0.5, 0.6) is 0 Å². The summed E-state index contributed by atoms with van der Waals surface area (Å²) >= 11 is 3.38. The summed E-state index contributed by atoms with van der Waals surface area (Å²) < 4.78 is 3.09. The van der Waals surface area contributed by atoms with Crippen LogP contribution in [0.2, 0.25) is 0 Å². The average Bonchev–Trinajstić information content (AvgIpc) is 2.58. The van der Waals surface area contributed by atoms with Gasteiger partial charge >= 0.3 is 0 Å². The minimum Gasteiger partial charge on any atom is -0.349 e. The molecule has 2 aromatic rings. The van der Waals surface area contributed by atoms with E-state index < -0.39 is 0 Å². The predicted molar refractivity (Wildman–Crippen MR) is 52.9 cm³/mol. The highest BCUT2D eigenvalue weighted by Gasteiger charge is 2.01. The fourth-order valence-corrected chi connectivity index (χ4v) is 1.60.